The quantitative estimate of drug-likeness (QED) is 0.733. The van der Waals surface area contributed by atoms with E-state index in [4.69, 9.17) is 4.74 Å². The Labute approximate surface area is 126 Å². The van der Waals surface area contributed by atoms with Gasteiger partial charge in [-0.3, -0.25) is 4.79 Å². The van der Waals surface area contributed by atoms with E-state index in [1.54, 1.807) is 14.1 Å². The zero-order chi connectivity index (χ0) is 15.9. The van der Waals surface area contributed by atoms with Crippen LogP contribution in [0.25, 0.3) is 0 Å². The number of unbranched alkanes of at least 4 members (excludes halogenated alkanes) is 1. The highest BCUT2D eigenvalue weighted by atomic mass is 32.2. The average molecular weight is 321 g/mol. The second-order valence-corrected chi connectivity index (χ2v) is 5.64. The molecule has 0 aliphatic heterocycles. The predicted octanol–water partition coefficient (Wildman–Crippen LogP) is 4.28. The van der Waals surface area contributed by atoms with Crippen molar-refractivity contribution in [3.05, 3.63) is 29.8 Å². The Hall–Kier alpha value is -1.37. The standard InChI is InChI=1S/C14H18F3NO2S/c1-18(2)13(19)21-9-4-3-8-20-12-7-5-6-11(10-12)14(15,16)17/h5-7,10H,3-4,8-9H2,1-2H3. The topological polar surface area (TPSA) is 29.5 Å². The van der Waals surface area contributed by atoms with Gasteiger partial charge in [-0.2, -0.15) is 13.2 Å². The number of ether oxygens (including phenoxy) is 1. The third-order valence-electron chi connectivity index (χ3n) is 2.56. The van der Waals surface area contributed by atoms with E-state index >= 15 is 0 Å². The first-order valence-corrected chi connectivity index (χ1v) is 7.43. The van der Waals surface area contributed by atoms with Crippen molar-refractivity contribution in [2.75, 3.05) is 26.5 Å². The summed E-state index contributed by atoms with van der Waals surface area (Å²) in [6.45, 7) is 0.331. The van der Waals surface area contributed by atoms with E-state index in [9.17, 15) is 18.0 Å². The Kier molecular flexibility index (Phi) is 6.87. The smallest absolute Gasteiger partial charge is 0.416 e. The van der Waals surface area contributed by atoms with Crippen LogP contribution in [0.1, 0.15) is 18.4 Å². The number of hydrogen-bond acceptors (Lipinski definition) is 3. The number of amides is 1. The average Bonchev–Trinajstić information content (AvgIpc) is 2.41. The van der Waals surface area contributed by atoms with Gasteiger partial charge in [-0.15, -0.1) is 0 Å². The lowest BCUT2D eigenvalue weighted by Gasteiger charge is -2.10. The van der Waals surface area contributed by atoms with Crippen LogP contribution in [0.15, 0.2) is 24.3 Å². The number of benzene rings is 1. The summed E-state index contributed by atoms with van der Waals surface area (Å²) in [5, 5.41) is -0.00574. The molecule has 21 heavy (non-hydrogen) atoms. The Balaban J connectivity index is 2.26. The third-order valence-corrected chi connectivity index (χ3v) is 3.66. The Morgan fingerprint density at radius 1 is 1.29 bits per heavy atom. The number of alkyl halides is 3. The lowest BCUT2D eigenvalue weighted by Crippen LogP contribution is -2.16. The Morgan fingerprint density at radius 2 is 2.00 bits per heavy atom. The normalized spacial score (nSPS) is 11.3. The van der Waals surface area contributed by atoms with Crippen molar-refractivity contribution in [1.29, 1.82) is 0 Å². The summed E-state index contributed by atoms with van der Waals surface area (Å²) < 4.78 is 42.8. The van der Waals surface area contributed by atoms with Crippen molar-refractivity contribution in [1.82, 2.24) is 4.90 Å². The number of nitrogens with zero attached hydrogens (tertiary/aromatic N) is 1. The molecular formula is C14H18F3NO2S. The zero-order valence-electron chi connectivity index (χ0n) is 11.9. The molecule has 3 nitrogen and oxygen atoms in total. The van der Waals surface area contributed by atoms with Gasteiger partial charge in [-0.1, -0.05) is 17.8 Å². The monoisotopic (exact) mass is 321 g/mol. The minimum absolute atomic E-state index is 0.00574. The third kappa shape index (κ3) is 6.75. The van der Waals surface area contributed by atoms with Gasteiger partial charge in [-0.05, 0) is 31.0 Å². The molecule has 1 aromatic rings. The molecule has 0 aromatic heterocycles. The van der Waals surface area contributed by atoms with E-state index in [0.29, 0.717) is 18.8 Å². The molecular weight excluding hydrogens is 303 g/mol. The first-order valence-electron chi connectivity index (χ1n) is 6.45. The molecule has 0 bridgehead atoms. The van der Waals surface area contributed by atoms with E-state index in [0.717, 1.165) is 18.6 Å². The molecule has 0 spiro atoms. The van der Waals surface area contributed by atoms with Gasteiger partial charge in [0.15, 0.2) is 0 Å². The van der Waals surface area contributed by atoms with E-state index in [1.165, 1.54) is 28.8 Å². The number of hydrogen-bond donors (Lipinski definition) is 0. The summed E-state index contributed by atoms with van der Waals surface area (Å²) in [4.78, 5) is 12.8. The number of carbonyl (C=O) groups is 1. The fourth-order valence-corrected chi connectivity index (χ4v) is 2.23. The largest absolute Gasteiger partial charge is 0.494 e. The van der Waals surface area contributed by atoms with Crippen molar-refractivity contribution in [3.8, 4) is 5.75 Å². The lowest BCUT2D eigenvalue weighted by molar-refractivity contribution is -0.137. The Bertz CT molecular complexity index is 464. The first-order chi connectivity index (χ1) is 9.80. The predicted molar refractivity (Wildman–Crippen MR) is 77.7 cm³/mol. The minimum Gasteiger partial charge on any atom is -0.494 e. The van der Waals surface area contributed by atoms with Crippen LogP contribution < -0.4 is 4.74 Å². The maximum Gasteiger partial charge on any atom is 0.416 e. The second-order valence-electron chi connectivity index (χ2n) is 4.59. The molecule has 0 fully saturated rings. The van der Waals surface area contributed by atoms with Gasteiger partial charge >= 0.3 is 6.18 Å². The van der Waals surface area contributed by atoms with Crippen molar-refractivity contribution in [2.45, 2.75) is 19.0 Å². The summed E-state index contributed by atoms with van der Waals surface area (Å²) >= 11 is 1.22. The highest BCUT2D eigenvalue weighted by Gasteiger charge is 2.30. The maximum absolute atomic E-state index is 12.5. The molecule has 0 aliphatic rings. The molecule has 0 saturated heterocycles. The van der Waals surface area contributed by atoms with E-state index in [-0.39, 0.29) is 11.0 Å². The fraction of sp³-hybridized carbons (Fsp3) is 0.500. The SMILES string of the molecule is CN(C)C(=O)SCCCCOc1cccc(C(F)(F)F)c1. The Morgan fingerprint density at radius 3 is 2.62 bits per heavy atom. The second kappa shape index (κ2) is 8.17. The molecule has 0 atom stereocenters. The van der Waals surface area contributed by atoms with Crippen LogP contribution in [-0.4, -0.2) is 36.6 Å². The van der Waals surface area contributed by atoms with Crippen LogP contribution in [0, 0.1) is 0 Å². The number of halogens is 3. The van der Waals surface area contributed by atoms with Crippen molar-refractivity contribution in [3.63, 3.8) is 0 Å². The maximum atomic E-state index is 12.5. The molecule has 1 aromatic carbocycles. The van der Waals surface area contributed by atoms with Gasteiger partial charge in [0.05, 0.1) is 12.2 Å². The molecule has 1 amide bonds. The molecule has 1 rings (SSSR count). The van der Waals surface area contributed by atoms with Crippen LogP contribution >= 0.6 is 11.8 Å². The molecule has 7 heteroatoms. The van der Waals surface area contributed by atoms with Gasteiger partial charge in [0.2, 0.25) is 0 Å². The van der Waals surface area contributed by atoms with Crippen LogP contribution in [0.4, 0.5) is 18.0 Å². The summed E-state index contributed by atoms with van der Waals surface area (Å²) in [6, 6.07) is 4.82. The van der Waals surface area contributed by atoms with Gasteiger partial charge < -0.3 is 9.64 Å². The fourth-order valence-electron chi connectivity index (χ4n) is 1.44. The number of rotatable bonds is 6. The van der Waals surface area contributed by atoms with Crippen LogP contribution in [0.3, 0.4) is 0 Å². The van der Waals surface area contributed by atoms with Crippen molar-refractivity contribution in [2.24, 2.45) is 0 Å². The van der Waals surface area contributed by atoms with Crippen molar-refractivity contribution >= 4 is 17.0 Å². The molecule has 0 heterocycles. The molecule has 0 radical (unpaired) electrons. The minimum atomic E-state index is -4.36. The zero-order valence-corrected chi connectivity index (χ0v) is 12.8. The lowest BCUT2D eigenvalue weighted by atomic mass is 10.2. The van der Waals surface area contributed by atoms with Gasteiger partial charge in [-0.25, -0.2) is 0 Å². The number of carbonyl (C=O) groups excluding carboxylic acids is 1. The highest BCUT2D eigenvalue weighted by Crippen LogP contribution is 2.31. The number of thioether (sulfide) groups is 1. The highest BCUT2D eigenvalue weighted by molar-refractivity contribution is 8.13. The molecule has 118 valence electrons. The van der Waals surface area contributed by atoms with Crippen LogP contribution in [0.5, 0.6) is 5.75 Å². The van der Waals surface area contributed by atoms with Gasteiger partial charge in [0.1, 0.15) is 5.75 Å². The van der Waals surface area contributed by atoms with Gasteiger partial charge in [0, 0.05) is 19.8 Å². The van der Waals surface area contributed by atoms with E-state index in [1.807, 2.05) is 0 Å². The molecule has 0 unspecified atom stereocenters. The van der Waals surface area contributed by atoms with Gasteiger partial charge in [0.25, 0.3) is 5.24 Å². The first kappa shape index (κ1) is 17.7. The summed E-state index contributed by atoms with van der Waals surface area (Å²) in [7, 11) is 3.37. The van der Waals surface area contributed by atoms with E-state index in [2.05, 4.69) is 0 Å². The molecule has 0 aliphatic carbocycles. The summed E-state index contributed by atoms with van der Waals surface area (Å²) in [5.74, 6) is 0.880. The van der Waals surface area contributed by atoms with Crippen molar-refractivity contribution < 1.29 is 22.7 Å². The summed E-state index contributed by atoms with van der Waals surface area (Å²) in [5.41, 5.74) is -0.716. The molecule has 0 N–H and O–H groups in total. The van der Waals surface area contributed by atoms with E-state index < -0.39 is 11.7 Å². The van der Waals surface area contributed by atoms with Crippen LogP contribution in [0.2, 0.25) is 0 Å². The molecule has 0 saturated carbocycles. The summed E-state index contributed by atoms with van der Waals surface area (Å²) in [6.07, 6.45) is -2.91. The van der Waals surface area contributed by atoms with Crippen LogP contribution in [-0.2, 0) is 6.18 Å².